The van der Waals surface area contributed by atoms with Crippen molar-refractivity contribution in [2.24, 2.45) is 0 Å². The number of methoxy groups -OCH3 is 1. The van der Waals surface area contributed by atoms with E-state index >= 15 is 0 Å². The van der Waals surface area contributed by atoms with Crippen LogP contribution in [0.5, 0.6) is 5.75 Å². The molecule has 3 saturated heterocycles. The fraction of sp³-hybridized carbons (Fsp3) is 0.650. The van der Waals surface area contributed by atoms with E-state index in [-0.39, 0.29) is 17.6 Å². The van der Waals surface area contributed by atoms with Gasteiger partial charge in [0.05, 0.1) is 5.54 Å². The number of likely N-dealkylation sites (tertiary alicyclic amines) is 2. The van der Waals surface area contributed by atoms with Crippen LogP contribution in [0.3, 0.4) is 0 Å². The summed E-state index contributed by atoms with van der Waals surface area (Å²) in [5.41, 5.74) is 1.06. The minimum absolute atomic E-state index is 0.145. The number of piperidine rings is 1. The summed E-state index contributed by atoms with van der Waals surface area (Å²) in [5.74, 6) is 0.463. The van der Waals surface area contributed by atoms with Crippen molar-refractivity contribution in [3.8, 4) is 5.75 Å². The number of β-lactam (4-membered cyclic amide) rings is 1. The lowest BCUT2D eigenvalue weighted by molar-refractivity contribution is -0.214. The highest BCUT2D eigenvalue weighted by atomic mass is 16.5. The van der Waals surface area contributed by atoms with Crippen molar-refractivity contribution in [3.05, 3.63) is 29.8 Å². The number of hydrogen-bond donors (Lipinski definition) is 1. The Kier molecular flexibility index (Phi) is 4.90. The van der Waals surface area contributed by atoms with Crippen LogP contribution >= 0.6 is 0 Å². The molecule has 0 aromatic heterocycles. The number of nitrogens with zero attached hydrogens (tertiary/aromatic N) is 2. The first kappa shape index (κ1) is 17.8. The molecule has 1 atom stereocenters. The number of ether oxygens (including phenoxy) is 2. The van der Waals surface area contributed by atoms with Crippen molar-refractivity contribution in [1.82, 2.24) is 9.80 Å². The van der Waals surface area contributed by atoms with E-state index in [1.165, 1.54) is 5.56 Å². The second-order valence-electron chi connectivity index (χ2n) is 7.71. The first-order chi connectivity index (χ1) is 12.6. The maximum atomic E-state index is 12.7. The molecule has 1 unspecified atom stereocenters. The summed E-state index contributed by atoms with van der Waals surface area (Å²) in [6.07, 6.45) is 3.48. The van der Waals surface area contributed by atoms with Gasteiger partial charge in [-0.15, -0.1) is 0 Å². The number of amides is 1. The highest BCUT2D eigenvalue weighted by Gasteiger charge is 2.62. The molecule has 0 aliphatic carbocycles. The molecular weight excluding hydrogens is 332 g/mol. The molecule has 1 aromatic rings. The van der Waals surface area contributed by atoms with Crippen LogP contribution in [0.1, 0.15) is 31.2 Å². The Hall–Kier alpha value is -1.63. The Labute approximate surface area is 154 Å². The number of phenolic OH excluding ortho intramolecular Hbond substituents is 1. The molecule has 0 radical (unpaired) electrons. The molecule has 0 bridgehead atoms. The molecule has 1 spiro atoms. The van der Waals surface area contributed by atoms with Gasteiger partial charge in [0.2, 0.25) is 0 Å². The van der Waals surface area contributed by atoms with Gasteiger partial charge in [-0.2, -0.15) is 0 Å². The van der Waals surface area contributed by atoms with Gasteiger partial charge >= 0.3 is 0 Å². The van der Waals surface area contributed by atoms with Crippen LogP contribution < -0.4 is 0 Å². The molecule has 1 aromatic carbocycles. The summed E-state index contributed by atoms with van der Waals surface area (Å²) in [5, 5.41) is 9.41. The van der Waals surface area contributed by atoms with Gasteiger partial charge in [0.15, 0.2) is 6.10 Å². The summed E-state index contributed by atoms with van der Waals surface area (Å²) in [6.45, 7) is 4.28. The quantitative estimate of drug-likeness (QED) is 0.829. The average Bonchev–Trinajstić information content (AvgIpc) is 2.66. The van der Waals surface area contributed by atoms with Crippen molar-refractivity contribution in [2.75, 3.05) is 33.4 Å². The molecule has 1 amide bonds. The first-order valence-electron chi connectivity index (χ1n) is 9.58. The van der Waals surface area contributed by atoms with Crippen molar-refractivity contribution in [1.29, 1.82) is 0 Å². The number of carbonyl (C=O) groups excluding carboxylic acids is 1. The van der Waals surface area contributed by atoms with E-state index in [0.29, 0.717) is 25.0 Å². The zero-order valence-corrected chi connectivity index (χ0v) is 15.4. The molecule has 26 heavy (non-hydrogen) atoms. The fourth-order valence-electron chi connectivity index (χ4n) is 4.92. The molecule has 0 saturated carbocycles. The van der Waals surface area contributed by atoms with E-state index in [0.717, 1.165) is 45.3 Å². The second kappa shape index (κ2) is 7.18. The normalized spacial score (nSPS) is 26.9. The van der Waals surface area contributed by atoms with Gasteiger partial charge in [-0.3, -0.25) is 9.69 Å². The minimum Gasteiger partial charge on any atom is -0.508 e. The zero-order chi connectivity index (χ0) is 18.1. The molecule has 142 valence electrons. The van der Waals surface area contributed by atoms with E-state index in [1.807, 2.05) is 12.1 Å². The molecular formula is C20H28N2O4. The minimum atomic E-state index is -0.290. The maximum Gasteiger partial charge on any atom is 0.254 e. The van der Waals surface area contributed by atoms with E-state index < -0.39 is 0 Å². The monoisotopic (exact) mass is 360 g/mol. The predicted octanol–water partition coefficient (Wildman–Crippen LogP) is 1.76. The van der Waals surface area contributed by atoms with Gasteiger partial charge in [0, 0.05) is 46.0 Å². The number of phenols is 1. The maximum absolute atomic E-state index is 12.7. The van der Waals surface area contributed by atoms with E-state index in [2.05, 4.69) is 9.80 Å². The fourth-order valence-corrected chi connectivity index (χ4v) is 4.92. The molecule has 3 fully saturated rings. The highest BCUT2D eigenvalue weighted by molar-refractivity contribution is 5.90. The first-order valence-corrected chi connectivity index (χ1v) is 9.58. The Morgan fingerprint density at radius 3 is 2.46 bits per heavy atom. The predicted molar refractivity (Wildman–Crippen MR) is 96.8 cm³/mol. The van der Waals surface area contributed by atoms with Crippen molar-refractivity contribution in [2.45, 2.75) is 49.9 Å². The number of rotatable bonds is 4. The third kappa shape index (κ3) is 3.00. The SMILES string of the molecule is COC1C(=O)N(C2CCN(Cc3ccc(O)cc3)CC2)C12CCOCC2. The Morgan fingerprint density at radius 2 is 1.85 bits per heavy atom. The number of carbonyl (C=O) groups is 1. The Balaban J connectivity index is 1.38. The van der Waals surface area contributed by atoms with E-state index in [1.54, 1.807) is 19.2 Å². The summed E-state index contributed by atoms with van der Waals surface area (Å²) >= 11 is 0. The molecule has 4 rings (SSSR count). The topological polar surface area (TPSA) is 62.2 Å². The van der Waals surface area contributed by atoms with Crippen LogP contribution in [0.4, 0.5) is 0 Å². The number of hydrogen-bond acceptors (Lipinski definition) is 5. The van der Waals surface area contributed by atoms with Gasteiger partial charge in [0.1, 0.15) is 5.75 Å². The van der Waals surface area contributed by atoms with Crippen LogP contribution in [-0.2, 0) is 20.8 Å². The molecule has 6 nitrogen and oxygen atoms in total. The summed E-state index contributed by atoms with van der Waals surface area (Å²) in [4.78, 5) is 17.3. The number of aromatic hydroxyl groups is 1. The molecule has 3 aliphatic heterocycles. The number of benzene rings is 1. The third-order valence-electron chi connectivity index (χ3n) is 6.29. The lowest BCUT2D eigenvalue weighted by Crippen LogP contribution is -2.78. The van der Waals surface area contributed by atoms with Gasteiger partial charge in [0.25, 0.3) is 5.91 Å². The standard InChI is InChI=1S/C20H28N2O4/c1-25-18-19(24)22(20(18)8-12-26-13-9-20)16-6-10-21(11-7-16)14-15-2-4-17(23)5-3-15/h2-5,16,18,23H,6-14H2,1H3. The van der Waals surface area contributed by atoms with Crippen LogP contribution in [-0.4, -0.2) is 71.9 Å². The van der Waals surface area contributed by atoms with Crippen molar-refractivity contribution >= 4 is 5.91 Å². The van der Waals surface area contributed by atoms with E-state index in [4.69, 9.17) is 9.47 Å². The smallest absolute Gasteiger partial charge is 0.254 e. The zero-order valence-electron chi connectivity index (χ0n) is 15.4. The van der Waals surface area contributed by atoms with Crippen LogP contribution in [0, 0.1) is 0 Å². The molecule has 3 heterocycles. The summed E-state index contributed by atoms with van der Waals surface area (Å²) in [7, 11) is 1.65. The summed E-state index contributed by atoms with van der Waals surface area (Å²) in [6, 6.07) is 7.73. The van der Waals surface area contributed by atoms with Crippen molar-refractivity contribution < 1.29 is 19.4 Å². The largest absolute Gasteiger partial charge is 0.508 e. The van der Waals surface area contributed by atoms with Crippen LogP contribution in [0.15, 0.2) is 24.3 Å². The molecule has 1 N–H and O–H groups in total. The van der Waals surface area contributed by atoms with Crippen LogP contribution in [0.2, 0.25) is 0 Å². The lowest BCUT2D eigenvalue weighted by Gasteiger charge is -2.61. The van der Waals surface area contributed by atoms with Gasteiger partial charge < -0.3 is 19.5 Å². The van der Waals surface area contributed by atoms with E-state index in [9.17, 15) is 9.90 Å². The average molecular weight is 360 g/mol. The third-order valence-corrected chi connectivity index (χ3v) is 6.29. The Bertz CT molecular complexity index is 634. The van der Waals surface area contributed by atoms with Gasteiger partial charge in [-0.05, 0) is 43.4 Å². The van der Waals surface area contributed by atoms with Crippen LogP contribution in [0.25, 0.3) is 0 Å². The second-order valence-corrected chi connectivity index (χ2v) is 7.71. The lowest BCUT2D eigenvalue weighted by atomic mass is 9.72. The van der Waals surface area contributed by atoms with Gasteiger partial charge in [-0.1, -0.05) is 12.1 Å². The highest BCUT2D eigenvalue weighted by Crippen LogP contribution is 2.45. The molecule has 6 heteroatoms. The van der Waals surface area contributed by atoms with Crippen molar-refractivity contribution in [3.63, 3.8) is 0 Å². The molecule has 3 aliphatic rings. The summed E-state index contributed by atoms with van der Waals surface area (Å²) < 4.78 is 11.1. The van der Waals surface area contributed by atoms with Gasteiger partial charge in [-0.25, -0.2) is 0 Å². The Morgan fingerprint density at radius 1 is 1.19 bits per heavy atom.